The molecule has 0 saturated heterocycles. The van der Waals surface area contributed by atoms with E-state index in [4.69, 9.17) is 5.14 Å². The Hall–Kier alpha value is -1.10. The molecule has 20 heavy (non-hydrogen) atoms. The molecular formula is C10H12N2O5S3. The number of Topliss-reactive ketones (excluding diaryl/α,β-unsaturated/α-hetero) is 1. The van der Waals surface area contributed by atoms with E-state index in [2.05, 4.69) is 10.1 Å². The maximum absolute atomic E-state index is 12.2. The van der Waals surface area contributed by atoms with Crippen molar-refractivity contribution in [2.24, 2.45) is 11.1 Å². The number of carbonyl (C=O) groups is 2. The van der Waals surface area contributed by atoms with Crippen molar-refractivity contribution in [1.29, 1.82) is 0 Å². The summed E-state index contributed by atoms with van der Waals surface area (Å²) in [7, 11) is -2.57. The molecule has 1 aliphatic heterocycles. The highest BCUT2D eigenvalue weighted by Gasteiger charge is 2.31. The van der Waals surface area contributed by atoms with Gasteiger partial charge in [-0.3, -0.25) is 4.79 Å². The van der Waals surface area contributed by atoms with E-state index in [0.29, 0.717) is 15.5 Å². The number of ketones is 1. The number of ether oxygens (including phenoxy) is 1. The Bertz CT molecular complexity index is 652. The van der Waals surface area contributed by atoms with E-state index in [1.165, 1.54) is 24.9 Å². The maximum Gasteiger partial charge on any atom is 0.406 e. The normalized spacial score (nSPS) is 18.5. The number of amides is 1. The van der Waals surface area contributed by atoms with Crippen LogP contribution in [0, 0.1) is 5.92 Å². The van der Waals surface area contributed by atoms with Gasteiger partial charge in [-0.05, 0) is 6.07 Å². The van der Waals surface area contributed by atoms with Gasteiger partial charge in [-0.2, -0.15) is 0 Å². The zero-order chi connectivity index (χ0) is 14.9. The zero-order valence-corrected chi connectivity index (χ0v) is 12.9. The van der Waals surface area contributed by atoms with Gasteiger partial charge in [0, 0.05) is 23.8 Å². The fourth-order valence-corrected chi connectivity index (χ4v) is 5.10. The van der Waals surface area contributed by atoms with E-state index in [-0.39, 0.29) is 16.5 Å². The molecule has 1 unspecified atom stereocenters. The van der Waals surface area contributed by atoms with Crippen molar-refractivity contribution in [2.75, 3.05) is 19.4 Å². The van der Waals surface area contributed by atoms with Gasteiger partial charge in [-0.1, -0.05) is 0 Å². The lowest BCUT2D eigenvalue weighted by Gasteiger charge is -2.20. The van der Waals surface area contributed by atoms with Crippen LogP contribution >= 0.6 is 23.1 Å². The van der Waals surface area contributed by atoms with Gasteiger partial charge in [0.15, 0.2) is 5.78 Å². The first-order valence-corrected chi connectivity index (χ1v) is 8.83. The van der Waals surface area contributed by atoms with Gasteiger partial charge < -0.3 is 10.1 Å². The molecule has 0 fully saturated rings. The van der Waals surface area contributed by atoms with Gasteiger partial charge in [0.05, 0.1) is 11.3 Å². The van der Waals surface area contributed by atoms with Crippen molar-refractivity contribution in [3.63, 3.8) is 0 Å². The topological polar surface area (TPSA) is 116 Å². The monoisotopic (exact) mass is 336 g/mol. The van der Waals surface area contributed by atoms with Crippen LogP contribution in [0.2, 0.25) is 0 Å². The fraction of sp³-hybridized carbons (Fsp3) is 0.400. The van der Waals surface area contributed by atoms with Crippen LogP contribution in [0.3, 0.4) is 0 Å². The van der Waals surface area contributed by atoms with Crippen molar-refractivity contribution >= 4 is 45.0 Å². The number of thiophene rings is 1. The van der Waals surface area contributed by atoms with Crippen LogP contribution in [0.15, 0.2) is 14.5 Å². The Balaban J connectivity index is 2.17. The summed E-state index contributed by atoms with van der Waals surface area (Å²) in [5, 5.41) is 7.52. The predicted octanol–water partition coefficient (Wildman–Crippen LogP) is 0.656. The van der Waals surface area contributed by atoms with Gasteiger partial charge >= 0.3 is 6.09 Å². The number of fused-ring (bicyclic) bond motifs is 1. The number of methoxy groups -OCH3 is 1. The zero-order valence-electron chi connectivity index (χ0n) is 10.4. The number of sulfonamides is 1. The summed E-state index contributed by atoms with van der Waals surface area (Å²) in [5.74, 6) is -0.128. The van der Waals surface area contributed by atoms with E-state index in [0.717, 1.165) is 11.3 Å². The summed E-state index contributed by atoms with van der Waals surface area (Å²) >= 11 is 2.38. The molecule has 0 aliphatic carbocycles. The van der Waals surface area contributed by atoms with Gasteiger partial charge in [-0.15, -0.1) is 23.1 Å². The summed E-state index contributed by atoms with van der Waals surface area (Å²) in [5.41, 5.74) is 0.354. The number of carbonyl (C=O) groups excluding carboxylic acids is 2. The Labute approximate surface area is 123 Å². The van der Waals surface area contributed by atoms with Gasteiger partial charge in [-0.25, -0.2) is 18.4 Å². The number of hydrogen-bond acceptors (Lipinski definition) is 7. The highest BCUT2D eigenvalue weighted by Crippen LogP contribution is 2.40. The standard InChI is InChI=1S/C10H12N2O5S3/c1-17-10(14)12-3-5-4-18-9-6(8(5)13)2-7(19-9)20(11,15)16/h2,5H,3-4H2,1H3,(H,12,14)(H2,11,15,16). The van der Waals surface area contributed by atoms with Crippen LogP contribution < -0.4 is 10.5 Å². The number of alkyl carbamates (subject to hydrolysis) is 1. The van der Waals surface area contributed by atoms with E-state index in [1.807, 2.05) is 0 Å². The third kappa shape index (κ3) is 3.14. The summed E-state index contributed by atoms with van der Waals surface area (Å²) in [6, 6.07) is 1.30. The lowest BCUT2D eigenvalue weighted by Crippen LogP contribution is -2.35. The summed E-state index contributed by atoms with van der Waals surface area (Å²) in [6.45, 7) is 0.151. The molecule has 1 aromatic rings. The van der Waals surface area contributed by atoms with Gasteiger partial charge in [0.1, 0.15) is 4.21 Å². The third-order valence-corrected chi connectivity index (χ3v) is 6.69. The molecule has 1 aromatic heterocycles. The second-order valence-corrected chi connectivity index (χ2v) is 8.19. The molecule has 3 N–H and O–H groups in total. The first kappa shape index (κ1) is 15.3. The number of nitrogens with two attached hydrogens (primary N) is 1. The summed E-state index contributed by atoms with van der Waals surface area (Å²) in [4.78, 5) is 23.2. The van der Waals surface area contributed by atoms with Crippen LogP contribution in [0.1, 0.15) is 10.4 Å². The SMILES string of the molecule is COC(=O)NCC1CSc2sc(S(N)(=O)=O)cc2C1=O. The molecule has 0 spiro atoms. The second-order valence-electron chi connectivity index (χ2n) is 4.06. The second kappa shape index (κ2) is 5.72. The third-order valence-electron chi connectivity index (χ3n) is 2.69. The molecule has 2 rings (SSSR count). The van der Waals surface area contributed by atoms with Crippen LogP contribution in [-0.2, 0) is 14.8 Å². The minimum Gasteiger partial charge on any atom is -0.453 e. The first-order chi connectivity index (χ1) is 9.32. The van der Waals surface area contributed by atoms with Crippen LogP contribution in [-0.4, -0.2) is 39.7 Å². The Kier molecular flexibility index (Phi) is 4.37. The fourth-order valence-electron chi connectivity index (χ4n) is 1.67. The predicted molar refractivity (Wildman–Crippen MR) is 74.6 cm³/mol. The van der Waals surface area contributed by atoms with E-state index in [1.54, 1.807) is 0 Å². The smallest absolute Gasteiger partial charge is 0.406 e. The average molecular weight is 336 g/mol. The molecule has 0 radical (unpaired) electrons. The lowest BCUT2D eigenvalue weighted by molar-refractivity contribution is 0.0925. The average Bonchev–Trinajstić information content (AvgIpc) is 2.82. The number of nitrogens with one attached hydrogen (secondary N) is 1. The molecule has 0 aromatic carbocycles. The summed E-state index contributed by atoms with van der Waals surface area (Å²) in [6.07, 6.45) is -0.607. The molecule has 1 amide bonds. The van der Waals surface area contributed by atoms with Crippen molar-refractivity contribution < 1.29 is 22.7 Å². The molecule has 0 saturated carbocycles. The van der Waals surface area contributed by atoms with Crippen molar-refractivity contribution in [2.45, 2.75) is 8.42 Å². The minimum absolute atomic E-state index is 0.0232. The maximum atomic E-state index is 12.2. The largest absolute Gasteiger partial charge is 0.453 e. The van der Waals surface area contributed by atoms with Gasteiger partial charge in [0.2, 0.25) is 10.0 Å². The molecular weight excluding hydrogens is 324 g/mol. The molecule has 0 bridgehead atoms. The molecule has 2 heterocycles. The number of primary sulfonamides is 1. The van der Waals surface area contributed by atoms with Gasteiger partial charge in [0.25, 0.3) is 0 Å². The quantitative estimate of drug-likeness (QED) is 0.837. The highest BCUT2D eigenvalue weighted by atomic mass is 32.3. The molecule has 10 heteroatoms. The van der Waals surface area contributed by atoms with E-state index < -0.39 is 22.0 Å². The van der Waals surface area contributed by atoms with Crippen LogP contribution in [0.4, 0.5) is 4.79 Å². The summed E-state index contributed by atoms with van der Waals surface area (Å²) < 4.78 is 27.6. The number of rotatable bonds is 3. The van der Waals surface area contributed by atoms with Crippen LogP contribution in [0.25, 0.3) is 0 Å². The number of hydrogen-bond donors (Lipinski definition) is 2. The van der Waals surface area contributed by atoms with Crippen molar-refractivity contribution in [1.82, 2.24) is 5.32 Å². The first-order valence-electron chi connectivity index (χ1n) is 5.48. The molecule has 110 valence electrons. The van der Waals surface area contributed by atoms with Crippen molar-refractivity contribution in [3.05, 3.63) is 11.6 Å². The minimum atomic E-state index is -3.80. The lowest BCUT2D eigenvalue weighted by atomic mass is 10.0. The molecule has 1 atom stereocenters. The Morgan fingerprint density at radius 1 is 1.60 bits per heavy atom. The highest BCUT2D eigenvalue weighted by molar-refractivity contribution is 8.01. The molecule has 7 nitrogen and oxygen atoms in total. The van der Waals surface area contributed by atoms with Crippen LogP contribution in [0.5, 0.6) is 0 Å². The Morgan fingerprint density at radius 3 is 2.90 bits per heavy atom. The Morgan fingerprint density at radius 2 is 2.30 bits per heavy atom. The number of thioether (sulfide) groups is 1. The molecule has 1 aliphatic rings. The van der Waals surface area contributed by atoms with E-state index >= 15 is 0 Å². The van der Waals surface area contributed by atoms with E-state index in [9.17, 15) is 18.0 Å². The van der Waals surface area contributed by atoms with Crippen molar-refractivity contribution in [3.8, 4) is 0 Å².